The summed E-state index contributed by atoms with van der Waals surface area (Å²) in [5.41, 5.74) is 0.980. The summed E-state index contributed by atoms with van der Waals surface area (Å²) in [6.45, 7) is 2.97. The largest absolute Gasteiger partial charge is 0.486 e. The number of fused-ring (bicyclic) bond motifs is 1. The molecule has 96 valence electrons. The minimum absolute atomic E-state index is 0.217. The van der Waals surface area contributed by atoms with Crippen LogP contribution < -0.4 is 9.47 Å². The standard InChI is InChI=1S/C13H15NO4/c1-2-3-11(14(15)16)8-10-4-5-12-13(9-10)18-7-6-17-12/h4-5,8-9H,2-3,6-7H2,1H3. The highest BCUT2D eigenvalue weighted by Gasteiger charge is 2.13. The first-order chi connectivity index (χ1) is 8.70. The van der Waals surface area contributed by atoms with Crippen molar-refractivity contribution >= 4 is 6.08 Å². The van der Waals surface area contributed by atoms with Gasteiger partial charge in [0, 0.05) is 12.5 Å². The fourth-order valence-corrected chi connectivity index (χ4v) is 1.81. The highest BCUT2D eigenvalue weighted by molar-refractivity contribution is 5.57. The maximum atomic E-state index is 10.9. The Labute approximate surface area is 105 Å². The van der Waals surface area contributed by atoms with E-state index in [1.165, 1.54) is 0 Å². The number of nitrogens with zero attached hydrogens (tertiary/aromatic N) is 1. The smallest absolute Gasteiger partial charge is 0.246 e. The van der Waals surface area contributed by atoms with Gasteiger partial charge >= 0.3 is 0 Å². The molecule has 1 aliphatic rings. The van der Waals surface area contributed by atoms with Gasteiger partial charge in [-0.1, -0.05) is 13.0 Å². The van der Waals surface area contributed by atoms with Gasteiger partial charge in [-0.25, -0.2) is 0 Å². The van der Waals surface area contributed by atoms with Crippen LogP contribution in [0.1, 0.15) is 25.3 Å². The van der Waals surface area contributed by atoms with Crippen LogP contribution in [0.3, 0.4) is 0 Å². The SMILES string of the molecule is CCCC(=Cc1ccc2c(c1)OCCO2)[N+](=O)[O-]. The van der Waals surface area contributed by atoms with Crippen molar-refractivity contribution in [2.45, 2.75) is 19.8 Å². The second-order valence-corrected chi connectivity index (χ2v) is 4.05. The maximum absolute atomic E-state index is 10.9. The second-order valence-electron chi connectivity index (χ2n) is 4.05. The van der Waals surface area contributed by atoms with Gasteiger partial charge < -0.3 is 9.47 Å². The number of allylic oxidation sites excluding steroid dienone is 1. The highest BCUT2D eigenvalue weighted by Crippen LogP contribution is 2.31. The quantitative estimate of drug-likeness (QED) is 0.608. The van der Waals surface area contributed by atoms with Crippen molar-refractivity contribution in [1.29, 1.82) is 0 Å². The first-order valence-electron chi connectivity index (χ1n) is 5.95. The number of nitro groups is 1. The first kappa shape index (κ1) is 12.4. The molecule has 2 rings (SSSR count). The second kappa shape index (κ2) is 5.53. The lowest BCUT2D eigenvalue weighted by Crippen LogP contribution is -2.15. The minimum Gasteiger partial charge on any atom is -0.486 e. The van der Waals surface area contributed by atoms with E-state index < -0.39 is 0 Å². The van der Waals surface area contributed by atoms with Gasteiger partial charge in [0.25, 0.3) is 0 Å². The lowest BCUT2D eigenvalue weighted by Gasteiger charge is -2.18. The summed E-state index contributed by atoms with van der Waals surface area (Å²) in [4.78, 5) is 10.5. The molecule has 0 saturated heterocycles. The van der Waals surface area contributed by atoms with E-state index in [1.807, 2.05) is 6.92 Å². The minimum atomic E-state index is -0.333. The number of hydrogen-bond donors (Lipinski definition) is 0. The maximum Gasteiger partial charge on any atom is 0.246 e. The molecule has 0 spiro atoms. The van der Waals surface area contributed by atoms with Crippen LogP contribution in [0.4, 0.5) is 0 Å². The molecular weight excluding hydrogens is 234 g/mol. The molecule has 0 fully saturated rings. The molecule has 0 aliphatic carbocycles. The van der Waals surface area contributed by atoms with Crippen molar-refractivity contribution in [2.75, 3.05) is 13.2 Å². The van der Waals surface area contributed by atoms with Crippen LogP contribution in [-0.4, -0.2) is 18.1 Å². The van der Waals surface area contributed by atoms with E-state index in [4.69, 9.17) is 9.47 Å². The molecule has 0 bridgehead atoms. The number of hydrogen-bond acceptors (Lipinski definition) is 4. The molecule has 1 heterocycles. The van der Waals surface area contributed by atoms with Gasteiger partial charge in [0.1, 0.15) is 13.2 Å². The van der Waals surface area contributed by atoms with Gasteiger partial charge in [0.15, 0.2) is 11.5 Å². The van der Waals surface area contributed by atoms with Gasteiger partial charge in [0.05, 0.1) is 4.92 Å². The topological polar surface area (TPSA) is 61.6 Å². The average Bonchev–Trinajstić information content (AvgIpc) is 2.38. The third kappa shape index (κ3) is 2.80. The number of benzene rings is 1. The monoisotopic (exact) mass is 249 g/mol. The van der Waals surface area contributed by atoms with Gasteiger partial charge in [0.2, 0.25) is 5.70 Å². The van der Waals surface area contributed by atoms with Crippen molar-refractivity contribution in [3.05, 3.63) is 39.6 Å². The van der Waals surface area contributed by atoms with Crippen LogP contribution in [0.5, 0.6) is 11.5 Å². The van der Waals surface area contributed by atoms with E-state index in [2.05, 4.69) is 0 Å². The van der Waals surface area contributed by atoms with Gasteiger partial charge in [-0.15, -0.1) is 0 Å². The molecule has 0 atom stereocenters. The molecule has 1 aliphatic heterocycles. The zero-order chi connectivity index (χ0) is 13.0. The number of ether oxygens (including phenoxy) is 2. The third-order valence-corrected chi connectivity index (χ3v) is 2.64. The molecule has 0 N–H and O–H groups in total. The Morgan fingerprint density at radius 1 is 1.39 bits per heavy atom. The summed E-state index contributed by atoms with van der Waals surface area (Å²) in [5.74, 6) is 1.34. The van der Waals surface area contributed by atoms with Crippen molar-refractivity contribution in [3.8, 4) is 11.5 Å². The number of rotatable bonds is 4. The predicted octanol–water partition coefficient (Wildman–Crippen LogP) is 2.88. The summed E-state index contributed by atoms with van der Waals surface area (Å²) in [6.07, 6.45) is 2.79. The van der Waals surface area contributed by atoms with Crippen molar-refractivity contribution in [2.24, 2.45) is 0 Å². The molecule has 1 aromatic rings. The summed E-state index contributed by atoms with van der Waals surface area (Å²) >= 11 is 0. The van der Waals surface area contributed by atoms with Crippen LogP contribution in [-0.2, 0) is 0 Å². The first-order valence-corrected chi connectivity index (χ1v) is 5.95. The van der Waals surface area contributed by atoms with Gasteiger partial charge in [-0.3, -0.25) is 10.1 Å². The highest BCUT2D eigenvalue weighted by atomic mass is 16.6. The molecule has 0 unspecified atom stereocenters. The Morgan fingerprint density at radius 2 is 2.11 bits per heavy atom. The molecule has 0 radical (unpaired) electrons. The van der Waals surface area contributed by atoms with Gasteiger partial charge in [-0.05, 0) is 24.1 Å². The predicted molar refractivity (Wildman–Crippen MR) is 67.3 cm³/mol. The Balaban J connectivity index is 2.27. The lowest BCUT2D eigenvalue weighted by atomic mass is 10.1. The summed E-state index contributed by atoms with van der Waals surface area (Å²) in [5, 5.41) is 10.9. The van der Waals surface area contributed by atoms with Crippen molar-refractivity contribution in [1.82, 2.24) is 0 Å². The fourth-order valence-electron chi connectivity index (χ4n) is 1.81. The Bertz CT molecular complexity index is 482. The zero-order valence-corrected chi connectivity index (χ0v) is 10.2. The summed E-state index contributed by atoms with van der Waals surface area (Å²) in [7, 11) is 0. The lowest BCUT2D eigenvalue weighted by molar-refractivity contribution is -0.426. The van der Waals surface area contributed by atoms with E-state index in [9.17, 15) is 10.1 Å². The molecule has 0 aromatic heterocycles. The molecule has 0 saturated carbocycles. The van der Waals surface area contributed by atoms with Crippen molar-refractivity contribution in [3.63, 3.8) is 0 Å². The molecule has 5 heteroatoms. The molecule has 1 aromatic carbocycles. The van der Waals surface area contributed by atoms with E-state index in [0.29, 0.717) is 31.1 Å². The van der Waals surface area contributed by atoms with E-state index >= 15 is 0 Å². The fraction of sp³-hybridized carbons (Fsp3) is 0.385. The zero-order valence-electron chi connectivity index (χ0n) is 10.2. The average molecular weight is 249 g/mol. The van der Waals surface area contributed by atoms with E-state index in [1.54, 1.807) is 24.3 Å². The Hall–Kier alpha value is -2.04. The normalized spacial score (nSPS) is 14.4. The molecular formula is C13H15NO4. The molecule has 18 heavy (non-hydrogen) atoms. The van der Waals surface area contributed by atoms with Crippen molar-refractivity contribution < 1.29 is 14.4 Å². The third-order valence-electron chi connectivity index (χ3n) is 2.64. The van der Waals surface area contributed by atoms with Crippen LogP contribution in [0.2, 0.25) is 0 Å². The van der Waals surface area contributed by atoms with Crippen LogP contribution in [0.15, 0.2) is 23.9 Å². The Kier molecular flexibility index (Phi) is 3.82. The van der Waals surface area contributed by atoms with Crippen LogP contribution in [0, 0.1) is 10.1 Å². The molecule has 5 nitrogen and oxygen atoms in total. The Morgan fingerprint density at radius 3 is 2.78 bits per heavy atom. The van der Waals surface area contributed by atoms with Gasteiger partial charge in [-0.2, -0.15) is 0 Å². The summed E-state index contributed by atoms with van der Waals surface area (Å²) < 4.78 is 10.8. The van der Waals surface area contributed by atoms with Crippen LogP contribution >= 0.6 is 0 Å². The molecule has 0 amide bonds. The van der Waals surface area contributed by atoms with Crippen LogP contribution in [0.25, 0.3) is 6.08 Å². The van der Waals surface area contributed by atoms with E-state index in [-0.39, 0.29) is 10.6 Å². The summed E-state index contributed by atoms with van der Waals surface area (Å²) in [6, 6.07) is 5.35. The van der Waals surface area contributed by atoms with E-state index in [0.717, 1.165) is 12.0 Å².